The van der Waals surface area contributed by atoms with Gasteiger partial charge in [-0.2, -0.15) is 0 Å². The van der Waals surface area contributed by atoms with Crippen LogP contribution < -0.4 is 5.32 Å². The molecule has 87 valence electrons. The van der Waals surface area contributed by atoms with E-state index in [-0.39, 0.29) is 372 Å². The molecule has 20 heavy (non-hydrogen) atoms. The molecule has 11 radical (unpaired) electrons. The summed E-state index contributed by atoms with van der Waals surface area (Å²) in [7, 11) is 0. The molecular formula is C6H12NO2Y11-. The Bertz CT molecular complexity index is 103. The molecule has 0 rings (SSSR count). The molecule has 0 aliphatic rings. The summed E-state index contributed by atoms with van der Waals surface area (Å²) < 4.78 is 0. The quantitative estimate of drug-likeness (QED) is 0.372. The van der Waals surface area contributed by atoms with E-state index in [9.17, 15) is 4.79 Å². The first-order valence-corrected chi connectivity index (χ1v) is 2.95. The summed E-state index contributed by atoms with van der Waals surface area (Å²) in [6, 6.07) is -0.311. The molecule has 0 heterocycles. The first kappa shape index (κ1) is 77.0. The summed E-state index contributed by atoms with van der Waals surface area (Å²) in [5, 5.41) is 11.3. The van der Waals surface area contributed by atoms with E-state index < -0.39 is 6.04 Å². The van der Waals surface area contributed by atoms with Crippen LogP contribution in [0.4, 0.5) is 0 Å². The standard InChI is InChI=1S/C6H12NO2.11Y/c1-5(2)7-6(3-8)4-9;;;;;;;;;;;/h5-8H,3H2,1-2H3;;;;;;;;;;;/q-1;;;;;;;;;;;/t6-;;;;;;;;;;;/m0.........../s1. The SMILES string of the molecule is CC(C)N[C@H]([C-]=O)CO.[Y].[Y].[Y].[Y].[Y].[Y].[Y].[Y].[Y].[Y].[Y]. The fourth-order valence-corrected chi connectivity index (χ4v) is 0.526. The summed E-state index contributed by atoms with van der Waals surface area (Å²) >= 11 is 0. The monoisotopic (exact) mass is 1110 g/mol. The maximum absolute atomic E-state index is 9.92. The predicted octanol–water partition coefficient (Wildman–Crippen LogP) is -0.572. The molecule has 2 N–H and O–H groups in total. The third-order valence-electron chi connectivity index (χ3n) is 0.859. The smallest absolute Gasteiger partial charge is 0.0340 e. The van der Waals surface area contributed by atoms with Crippen LogP contribution >= 0.6 is 0 Å². The Morgan fingerprint density at radius 3 is 1.10 bits per heavy atom. The third kappa shape index (κ3) is 63.0. The zero-order valence-electron chi connectivity index (χ0n) is 12.1. The van der Waals surface area contributed by atoms with Gasteiger partial charge in [0.05, 0.1) is 0 Å². The largest absolute Gasteiger partial charge is 0.540 e. The van der Waals surface area contributed by atoms with Gasteiger partial charge in [0.1, 0.15) is 0 Å². The Labute approximate surface area is 400 Å². The van der Waals surface area contributed by atoms with Crippen molar-refractivity contribution in [1.82, 2.24) is 5.32 Å². The summed E-state index contributed by atoms with van der Waals surface area (Å²) in [6.45, 7) is 3.63. The fourth-order valence-electron chi connectivity index (χ4n) is 0.526. The van der Waals surface area contributed by atoms with Crippen LogP contribution in [-0.4, -0.2) is 30.1 Å². The average Bonchev–Trinajstić information content (AvgIpc) is 1.82. The Morgan fingerprint density at radius 2 is 1.05 bits per heavy atom. The molecule has 0 aliphatic carbocycles. The van der Waals surface area contributed by atoms with Crippen molar-refractivity contribution in [2.75, 3.05) is 6.61 Å². The minimum absolute atomic E-state index is 0. The summed E-state index contributed by atoms with van der Waals surface area (Å²) in [5.41, 5.74) is 0. The zero-order valence-corrected chi connectivity index (χ0v) is 43.3. The number of carbonyl (C=O) groups excluding carboxylic acids is 1. The molecule has 0 saturated carbocycles. The summed E-state index contributed by atoms with van der Waals surface area (Å²) in [5.74, 6) is 0. The van der Waals surface area contributed by atoms with Gasteiger partial charge in [-0.25, -0.2) is 6.29 Å². The molecule has 0 amide bonds. The number of nitrogens with one attached hydrogen (secondary N) is 1. The molecule has 3 nitrogen and oxygen atoms in total. The van der Waals surface area contributed by atoms with Gasteiger partial charge < -0.3 is 15.2 Å². The third-order valence-corrected chi connectivity index (χ3v) is 0.859. The number of aliphatic hydroxyl groups is 1. The molecule has 0 aromatic carbocycles. The first-order chi connectivity index (χ1) is 4.20. The number of rotatable bonds is 4. The second-order valence-corrected chi connectivity index (χ2v) is 2.17. The van der Waals surface area contributed by atoms with E-state index in [0.717, 1.165) is 0 Å². The van der Waals surface area contributed by atoms with Crippen LogP contribution in [0.5, 0.6) is 0 Å². The van der Waals surface area contributed by atoms with Crippen molar-refractivity contribution in [2.45, 2.75) is 25.9 Å². The van der Waals surface area contributed by atoms with E-state index in [0.29, 0.717) is 0 Å². The van der Waals surface area contributed by atoms with Crippen molar-refractivity contribution in [1.29, 1.82) is 0 Å². The number of hydrogen-bond donors (Lipinski definition) is 2. The normalized spacial score (nSPS) is 6.20. The minimum atomic E-state index is -0.523. The molecule has 0 spiro atoms. The Balaban J connectivity index is -0.00000000582. The van der Waals surface area contributed by atoms with Gasteiger partial charge in [-0.1, -0.05) is 19.9 Å². The van der Waals surface area contributed by atoms with Gasteiger partial charge >= 0.3 is 0 Å². The van der Waals surface area contributed by atoms with Crippen molar-refractivity contribution >= 4 is 6.29 Å². The van der Waals surface area contributed by atoms with Gasteiger partial charge in [0.2, 0.25) is 0 Å². The van der Waals surface area contributed by atoms with Crippen molar-refractivity contribution < 1.29 is 370 Å². The van der Waals surface area contributed by atoms with E-state index in [4.69, 9.17) is 5.11 Å². The van der Waals surface area contributed by atoms with Crippen molar-refractivity contribution in [2.24, 2.45) is 0 Å². The maximum Gasteiger partial charge on any atom is 0.0340 e. The predicted molar refractivity (Wildman–Crippen MR) is 34.8 cm³/mol. The zero-order chi connectivity index (χ0) is 7.28. The van der Waals surface area contributed by atoms with Crippen LogP contribution in [-0.2, 0) is 365 Å². The molecule has 14 heteroatoms. The van der Waals surface area contributed by atoms with Crippen molar-refractivity contribution in [3.8, 4) is 0 Å². The van der Waals surface area contributed by atoms with Crippen LogP contribution in [0.1, 0.15) is 13.8 Å². The van der Waals surface area contributed by atoms with Gasteiger partial charge in [0.25, 0.3) is 0 Å². The second-order valence-electron chi connectivity index (χ2n) is 2.17. The Kier molecular flexibility index (Phi) is 243. The maximum atomic E-state index is 9.92. The van der Waals surface area contributed by atoms with Crippen molar-refractivity contribution in [3.05, 3.63) is 0 Å². The minimum Gasteiger partial charge on any atom is -0.540 e. The molecule has 1 atom stereocenters. The molecule has 0 aliphatic heterocycles. The van der Waals surface area contributed by atoms with Crippen molar-refractivity contribution in [3.63, 3.8) is 0 Å². The van der Waals surface area contributed by atoms with Crippen LogP contribution in [0.3, 0.4) is 0 Å². The van der Waals surface area contributed by atoms with Gasteiger partial charge in [0.15, 0.2) is 0 Å². The van der Waals surface area contributed by atoms with Gasteiger partial charge in [-0.3, -0.25) is 0 Å². The summed E-state index contributed by atoms with van der Waals surface area (Å²) in [4.78, 5) is 9.92. The molecule has 0 aromatic heterocycles. The van der Waals surface area contributed by atoms with Crippen LogP contribution in [0.25, 0.3) is 0 Å². The van der Waals surface area contributed by atoms with Crippen LogP contribution in [0.15, 0.2) is 0 Å². The molecule has 0 bridgehead atoms. The molecule has 0 saturated heterocycles. The van der Waals surface area contributed by atoms with Gasteiger partial charge in [-0.15, -0.1) is 0 Å². The average molecular weight is 1110 g/mol. The molecular weight excluding hydrogens is 1100 g/mol. The topological polar surface area (TPSA) is 49.3 Å². The van der Waals surface area contributed by atoms with Gasteiger partial charge in [0, 0.05) is 366 Å². The van der Waals surface area contributed by atoms with E-state index in [1.54, 1.807) is 6.29 Å². The first-order valence-electron chi connectivity index (χ1n) is 2.95. The van der Waals surface area contributed by atoms with E-state index in [1.807, 2.05) is 13.8 Å². The van der Waals surface area contributed by atoms with Crippen LogP contribution in [0.2, 0.25) is 0 Å². The van der Waals surface area contributed by atoms with Gasteiger partial charge in [-0.05, 0) is 6.04 Å². The van der Waals surface area contributed by atoms with E-state index >= 15 is 0 Å². The second kappa shape index (κ2) is 63.2. The summed E-state index contributed by atoms with van der Waals surface area (Å²) in [6.07, 6.45) is 1.67. The Hall–Kier alpha value is 11.7. The van der Waals surface area contributed by atoms with E-state index in [2.05, 4.69) is 5.32 Å². The van der Waals surface area contributed by atoms with E-state index in [1.165, 1.54) is 0 Å². The Morgan fingerprint density at radius 1 is 0.800 bits per heavy atom. The molecule has 0 aromatic rings. The number of aliphatic hydroxyl groups excluding tert-OH is 1. The fraction of sp³-hybridized carbons (Fsp3) is 0.833. The molecule has 0 unspecified atom stereocenters. The van der Waals surface area contributed by atoms with Crippen LogP contribution in [0, 0.1) is 0 Å². The number of hydrogen-bond acceptors (Lipinski definition) is 3. The molecule has 0 fully saturated rings.